The van der Waals surface area contributed by atoms with Gasteiger partial charge in [-0.05, 0) is 0 Å². The largest absolute Gasteiger partial charge is 0.463 e. The van der Waals surface area contributed by atoms with E-state index in [0.29, 0.717) is 0 Å². The maximum absolute atomic E-state index is 11.1. The quantitative estimate of drug-likeness (QED) is 0.497. The number of hydrogen-bond acceptors (Lipinski definition) is 7. The van der Waals surface area contributed by atoms with Gasteiger partial charge in [0.15, 0.2) is 11.7 Å². The number of esters is 2. The predicted molar refractivity (Wildman–Crippen MR) is 60.9 cm³/mol. The zero-order chi connectivity index (χ0) is 14.2. The fourth-order valence-corrected chi connectivity index (χ4v) is 2.40. The summed E-state index contributed by atoms with van der Waals surface area (Å²) in [7, 11) is 0. The van der Waals surface area contributed by atoms with Gasteiger partial charge in [0.25, 0.3) is 0 Å². The molecule has 0 amide bonds. The van der Waals surface area contributed by atoms with E-state index >= 15 is 0 Å². The molecule has 2 N–H and O–H groups in total. The van der Waals surface area contributed by atoms with Crippen molar-refractivity contribution in [2.45, 2.75) is 43.9 Å². The SMILES string of the molecule is CC(=O)OC[C@H]1O[C@@H]2C=C[C@@H](O)[C@]2(O)[C@@H]1OC(C)=O. The Labute approximate surface area is 109 Å². The molecule has 0 aromatic heterocycles. The Bertz CT molecular complexity index is 418. The molecule has 0 unspecified atom stereocenters. The number of fused-ring (bicyclic) bond motifs is 1. The molecule has 0 aromatic rings. The molecular weight excluding hydrogens is 256 g/mol. The minimum Gasteiger partial charge on any atom is -0.463 e. The number of ether oxygens (including phenoxy) is 3. The maximum Gasteiger partial charge on any atom is 0.303 e. The lowest BCUT2D eigenvalue weighted by Crippen LogP contribution is -2.55. The first-order valence-corrected chi connectivity index (χ1v) is 5.90. The third-order valence-corrected chi connectivity index (χ3v) is 3.26. The van der Waals surface area contributed by atoms with Crippen LogP contribution >= 0.6 is 0 Å². The van der Waals surface area contributed by atoms with Gasteiger partial charge in [0.05, 0.1) is 0 Å². The highest BCUT2D eigenvalue weighted by molar-refractivity contribution is 5.67. The van der Waals surface area contributed by atoms with E-state index in [1.165, 1.54) is 26.0 Å². The Kier molecular flexibility index (Phi) is 3.62. The summed E-state index contributed by atoms with van der Waals surface area (Å²) in [6.45, 7) is 2.26. The minimum atomic E-state index is -1.74. The molecule has 1 heterocycles. The molecule has 1 aliphatic carbocycles. The van der Waals surface area contributed by atoms with Crippen molar-refractivity contribution >= 4 is 11.9 Å². The van der Waals surface area contributed by atoms with Gasteiger partial charge in [0, 0.05) is 13.8 Å². The van der Waals surface area contributed by atoms with E-state index in [4.69, 9.17) is 14.2 Å². The van der Waals surface area contributed by atoms with Crippen LogP contribution in [0.1, 0.15) is 13.8 Å². The normalized spacial score (nSPS) is 40.0. The average Bonchev–Trinajstić information content (AvgIpc) is 2.73. The van der Waals surface area contributed by atoms with Crippen molar-refractivity contribution in [2.24, 2.45) is 0 Å². The smallest absolute Gasteiger partial charge is 0.303 e. The molecule has 106 valence electrons. The van der Waals surface area contributed by atoms with E-state index < -0.39 is 42.0 Å². The first-order valence-electron chi connectivity index (χ1n) is 5.90. The number of hydrogen-bond donors (Lipinski definition) is 2. The Hall–Kier alpha value is -1.44. The first-order chi connectivity index (χ1) is 8.85. The van der Waals surface area contributed by atoms with Gasteiger partial charge >= 0.3 is 11.9 Å². The van der Waals surface area contributed by atoms with E-state index in [9.17, 15) is 19.8 Å². The highest BCUT2D eigenvalue weighted by Gasteiger charge is 2.62. The highest BCUT2D eigenvalue weighted by atomic mass is 16.6. The van der Waals surface area contributed by atoms with Gasteiger partial charge in [-0.15, -0.1) is 0 Å². The van der Waals surface area contributed by atoms with Crippen LogP contribution in [0.25, 0.3) is 0 Å². The molecule has 19 heavy (non-hydrogen) atoms. The number of aliphatic hydroxyl groups excluding tert-OH is 1. The number of carbonyl (C=O) groups is 2. The van der Waals surface area contributed by atoms with Crippen LogP contribution in [0.2, 0.25) is 0 Å². The molecule has 1 saturated heterocycles. The number of aliphatic hydroxyl groups is 2. The third kappa shape index (κ3) is 2.36. The van der Waals surface area contributed by atoms with Crippen LogP contribution in [-0.2, 0) is 23.8 Å². The van der Waals surface area contributed by atoms with Gasteiger partial charge in [-0.3, -0.25) is 9.59 Å². The molecule has 0 saturated carbocycles. The van der Waals surface area contributed by atoms with Crippen LogP contribution in [0.3, 0.4) is 0 Å². The molecule has 0 bridgehead atoms. The summed E-state index contributed by atoms with van der Waals surface area (Å²) in [6, 6.07) is 0. The minimum absolute atomic E-state index is 0.160. The van der Waals surface area contributed by atoms with Crippen LogP contribution in [0.5, 0.6) is 0 Å². The van der Waals surface area contributed by atoms with Crippen molar-refractivity contribution in [2.75, 3.05) is 6.61 Å². The summed E-state index contributed by atoms with van der Waals surface area (Å²) in [6.07, 6.45) is -1.05. The van der Waals surface area contributed by atoms with Gasteiger partial charge in [-0.25, -0.2) is 0 Å². The van der Waals surface area contributed by atoms with E-state index in [2.05, 4.69) is 0 Å². The average molecular weight is 272 g/mol. The van der Waals surface area contributed by atoms with Crippen LogP contribution in [0.4, 0.5) is 0 Å². The summed E-state index contributed by atoms with van der Waals surface area (Å²) in [4.78, 5) is 21.9. The summed E-state index contributed by atoms with van der Waals surface area (Å²) < 4.78 is 15.3. The molecule has 1 aliphatic heterocycles. The van der Waals surface area contributed by atoms with E-state index in [0.717, 1.165) is 0 Å². The van der Waals surface area contributed by atoms with Crippen molar-refractivity contribution in [3.8, 4) is 0 Å². The lowest BCUT2D eigenvalue weighted by Gasteiger charge is -2.31. The van der Waals surface area contributed by atoms with Crippen molar-refractivity contribution in [1.82, 2.24) is 0 Å². The van der Waals surface area contributed by atoms with Crippen LogP contribution in [0, 0.1) is 0 Å². The second kappa shape index (κ2) is 4.92. The van der Waals surface area contributed by atoms with Gasteiger partial charge in [-0.1, -0.05) is 12.2 Å². The standard InChI is InChI=1S/C12H16O7/c1-6(13)17-5-8-11(18-7(2)14)12(16)9(15)3-4-10(12)19-8/h3-4,8-11,15-16H,5H2,1-2H3/t8-,9-,10-,11-,12-/m1/s1. The zero-order valence-corrected chi connectivity index (χ0v) is 10.6. The number of rotatable bonds is 3. The van der Waals surface area contributed by atoms with Crippen LogP contribution in [0.15, 0.2) is 12.2 Å². The fraction of sp³-hybridized carbons (Fsp3) is 0.667. The Morgan fingerprint density at radius 2 is 2.00 bits per heavy atom. The summed E-state index contributed by atoms with van der Waals surface area (Å²) in [5, 5.41) is 20.3. The second-order valence-electron chi connectivity index (χ2n) is 4.64. The second-order valence-corrected chi connectivity index (χ2v) is 4.64. The molecule has 5 atom stereocenters. The lowest BCUT2D eigenvalue weighted by atomic mass is 9.89. The summed E-state index contributed by atoms with van der Waals surface area (Å²) in [5.74, 6) is -1.13. The number of carbonyl (C=O) groups excluding carboxylic acids is 2. The molecule has 0 aromatic carbocycles. The highest BCUT2D eigenvalue weighted by Crippen LogP contribution is 2.41. The Morgan fingerprint density at radius 3 is 2.58 bits per heavy atom. The molecule has 2 aliphatic rings. The predicted octanol–water partition coefficient (Wildman–Crippen LogP) is -1.09. The topological polar surface area (TPSA) is 102 Å². The summed E-state index contributed by atoms with van der Waals surface area (Å²) >= 11 is 0. The van der Waals surface area contributed by atoms with Crippen molar-refractivity contribution in [3.63, 3.8) is 0 Å². The Morgan fingerprint density at radius 1 is 1.32 bits per heavy atom. The molecule has 0 spiro atoms. The van der Waals surface area contributed by atoms with Gasteiger partial charge in [-0.2, -0.15) is 0 Å². The molecular formula is C12H16O7. The van der Waals surface area contributed by atoms with E-state index in [1.807, 2.05) is 0 Å². The van der Waals surface area contributed by atoms with Gasteiger partial charge < -0.3 is 24.4 Å². The van der Waals surface area contributed by atoms with Crippen LogP contribution < -0.4 is 0 Å². The fourth-order valence-electron chi connectivity index (χ4n) is 2.40. The monoisotopic (exact) mass is 272 g/mol. The lowest BCUT2D eigenvalue weighted by molar-refractivity contribution is -0.171. The maximum atomic E-state index is 11.1. The Balaban J connectivity index is 2.18. The third-order valence-electron chi connectivity index (χ3n) is 3.26. The summed E-state index contributed by atoms with van der Waals surface area (Å²) in [5.41, 5.74) is -1.74. The molecule has 7 nitrogen and oxygen atoms in total. The molecule has 1 fully saturated rings. The molecule has 7 heteroatoms. The van der Waals surface area contributed by atoms with Gasteiger partial charge in [0.2, 0.25) is 0 Å². The first kappa shape index (κ1) is 14.0. The molecule has 0 radical (unpaired) electrons. The van der Waals surface area contributed by atoms with E-state index in [-0.39, 0.29) is 6.61 Å². The zero-order valence-electron chi connectivity index (χ0n) is 10.6. The van der Waals surface area contributed by atoms with Crippen LogP contribution in [-0.4, -0.2) is 58.8 Å². The van der Waals surface area contributed by atoms with E-state index in [1.54, 1.807) is 0 Å². The van der Waals surface area contributed by atoms with Crippen molar-refractivity contribution in [3.05, 3.63) is 12.2 Å². The van der Waals surface area contributed by atoms with Gasteiger partial charge in [0.1, 0.15) is 24.9 Å². The molecule has 2 rings (SSSR count). The van der Waals surface area contributed by atoms with Crippen molar-refractivity contribution < 1.29 is 34.0 Å². The van der Waals surface area contributed by atoms with Crippen molar-refractivity contribution in [1.29, 1.82) is 0 Å².